The Morgan fingerprint density at radius 2 is 1.83 bits per heavy atom. The first kappa shape index (κ1) is 13.5. The smallest absolute Gasteiger partial charge is 0.319 e. The van der Waals surface area contributed by atoms with Crippen LogP contribution in [0.4, 0.5) is 0 Å². The molecule has 3 heteroatoms. The highest BCUT2D eigenvalue weighted by atomic mass is 32.2. The summed E-state index contributed by atoms with van der Waals surface area (Å²) in [7, 11) is 0. The third kappa shape index (κ3) is 2.72. The molecule has 0 bridgehead atoms. The first-order valence-electron chi connectivity index (χ1n) is 6.31. The number of carboxylic acid groups (broad SMARTS) is 1. The Hall–Kier alpha value is -0.960. The number of hydrogen-bond acceptors (Lipinski definition) is 2. The molecule has 0 spiro atoms. The van der Waals surface area contributed by atoms with E-state index in [1.54, 1.807) is 11.8 Å². The summed E-state index contributed by atoms with van der Waals surface area (Å²) in [6, 6.07) is 10.2. The van der Waals surface area contributed by atoms with Gasteiger partial charge in [0.15, 0.2) is 0 Å². The minimum absolute atomic E-state index is 0.0138. The molecule has 1 aliphatic rings. The molecule has 2 nitrogen and oxygen atoms in total. The van der Waals surface area contributed by atoms with Crippen molar-refractivity contribution in [2.24, 2.45) is 0 Å². The van der Waals surface area contributed by atoms with Gasteiger partial charge in [-0.15, -0.1) is 11.8 Å². The number of rotatable bonds is 3. The normalized spacial score (nSPS) is 27.6. The van der Waals surface area contributed by atoms with E-state index in [0.29, 0.717) is 5.92 Å². The molecule has 2 rings (SSSR count). The van der Waals surface area contributed by atoms with Crippen LogP contribution in [0.5, 0.6) is 0 Å². The van der Waals surface area contributed by atoms with E-state index in [2.05, 4.69) is 32.9 Å². The van der Waals surface area contributed by atoms with Crippen molar-refractivity contribution in [3.8, 4) is 0 Å². The van der Waals surface area contributed by atoms with Gasteiger partial charge in [0.25, 0.3) is 0 Å². The molecule has 0 aliphatic heterocycles. The lowest BCUT2D eigenvalue weighted by atomic mass is 9.70. The van der Waals surface area contributed by atoms with Gasteiger partial charge in [-0.2, -0.15) is 0 Å². The molecule has 0 heterocycles. The number of benzene rings is 1. The van der Waals surface area contributed by atoms with Gasteiger partial charge in [0, 0.05) is 4.75 Å². The summed E-state index contributed by atoms with van der Waals surface area (Å²) in [5.74, 6) is -0.258. The third-order valence-corrected chi connectivity index (χ3v) is 4.83. The molecule has 0 saturated heterocycles. The van der Waals surface area contributed by atoms with E-state index in [9.17, 15) is 9.90 Å². The lowest BCUT2D eigenvalue weighted by molar-refractivity contribution is -0.142. The van der Waals surface area contributed by atoms with Gasteiger partial charge >= 0.3 is 5.97 Å². The van der Waals surface area contributed by atoms with Crippen LogP contribution in [-0.2, 0) is 4.79 Å². The van der Waals surface area contributed by atoms with Gasteiger partial charge in [-0.05, 0) is 24.3 Å². The average molecular weight is 264 g/mol. The highest BCUT2D eigenvalue weighted by Gasteiger charge is 2.53. The SMILES string of the molecule is CC(C)(C)SC1(C(=O)O)CC(c2ccccc2)C1. The van der Waals surface area contributed by atoms with E-state index in [1.807, 2.05) is 18.2 Å². The minimum Gasteiger partial charge on any atom is -0.480 e. The average Bonchev–Trinajstić information content (AvgIpc) is 2.22. The number of thioether (sulfide) groups is 1. The van der Waals surface area contributed by atoms with Gasteiger partial charge in [0.1, 0.15) is 4.75 Å². The molecule has 1 aliphatic carbocycles. The van der Waals surface area contributed by atoms with Gasteiger partial charge < -0.3 is 5.11 Å². The van der Waals surface area contributed by atoms with Gasteiger partial charge in [0.05, 0.1) is 0 Å². The fraction of sp³-hybridized carbons (Fsp3) is 0.533. The van der Waals surface area contributed by atoms with Gasteiger partial charge in [-0.25, -0.2) is 0 Å². The second-order valence-corrected chi connectivity index (χ2v) is 8.24. The van der Waals surface area contributed by atoms with Crippen molar-refractivity contribution in [1.29, 1.82) is 0 Å². The van der Waals surface area contributed by atoms with Gasteiger partial charge in [-0.3, -0.25) is 4.79 Å². The van der Waals surface area contributed by atoms with Crippen LogP contribution in [0.25, 0.3) is 0 Å². The Morgan fingerprint density at radius 3 is 2.28 bits per heavy atom. The maximum absolute atomic E-state index is 11.5. The Bertz CT molecular complexity index is 428. The summed E-state index contributed by atoms with van der Waals surface area (Å²) in [4.78, 5) is 11.5. The quantitative estimate of drug-likeness (QED) is 0.899. The lowest BCUT2D eigenvalue weighted by Gasteiger charge is -2.47. The molecule has 1 aromatic carbocycles. The van der Waals surface area contributed by atoms with Crippen LogP contribution in [0.1, 0.15) is 45.1 Å². The molecular formula is C15H20O2S. The Balaban J connectivity index is 2.09. The van der Waals surface area contributed by atoms with Crippen molar-refractivity contribution in [3.05, 3.63) is 35.9 Å². The molecule has 0 atom stereocenters. The second-order valence-electron chi connectivity index (χ2n) is 6.03. The number of carboxylic acids is 1. The predicted octanol–water partition coefficient (Wildman–Crippen LogP) is 3.92. The monoisotopic (exact) mass is 264 g/mol. The summed E-state index contributed by atoms with van der Waals surface area (Å²) >= 11 is 1.60. The highest BCUT2D eigenvalue weighted by Crippen LogP contribution is 2.56. The second kappa shape index (κ2) is 4.61. The first-order chi connectivity index (χ1) is 8.32. The summed E-state index contributed by atoms with van der Waals surface area (Å²) in [6.07, 6.45) is 1.49. The third-order valence-electron chi connectivity index (χ3n) is 3.31. The molecule has 0 aromatic heterocycles. The summed E-state index contributed by atoms with van der Waals surface area (Å²) in [5, 5.41) is 9.49. The number of carbonyl (C=O) groups is 1. The molecular weight excluding hydrogens is 244 g/mol. The van der Waals surface area contributed by atoms with Gasteiger partial charge in [0.2, 0.25) is 0 Å². The molecule has 1 saturated carbocycles. The van der Waals surface area contributed by atoms with E-state index >= 15 is 0 Å². The lowest BCUT2D eigenvalue weighted by Crippen LogP contribution is -2.48. The Labute approximate surface area is 113 Å². The topological polar surface area (TPSA) is 37.3 Å². The molecule has 1 fully saturated rings. The predicted molar refractivity (Wildman–Crippen MR) is 76.1 cm³/mol. The van der Waals surface area contributed by atoms with Crippen LogP contribution >= 0.6 is 11.8 Å². The summed E-state index contributed by atoms with van der Waals surface area (Å²) < 4.78 is -0.598. The van der Waals surface area contributed by atoms with Crippen LogP contribution in [-0.4, -0.2) is 20.6 Å². The van der Waals surface area contributed by atoms with E-state index in [1.165, 1.54) is 5.56 Å². The van der Waals surface area contributed by atoms with Crippen LogP contribution in [0.15, 0.2) is 30.3 Å². The van der Waals surface area contributed by atoms with Crippen molar-refractivity contribution < 1.29 is 9.90 Å². The first-order valence-corrected chi connectivity index (χ1v) is 7.13. The van der Waals surface area contributed by atoms with Crippen molar-refractivity contribution in [1.82, 2.24) is 0 Å². The zero-order valence-electron chi connectivity index (χ0n) is 11.1. The van der Waals surface area contributed by atoms with Gasteiger partial charge in [-0.1, -0.05) is 51.1 Å². The van der Waals surface area contributed by atoms with Crippen molar-refractivity contribution in [2.45, 2.75) is 49.0 Å². The largest absolute Gasteiger partial charge is 0.480 e. The Morgan fingerprint density at radius 1 is 1.28 bits per heavy atom. The highest BCUT2D eigenvalue weighted by molar-refractivity contribution is 8.02. The van der Waals surface area contributed by atoms with E-state index in [-0.39, 0.29) is 4.75 Å². The number of hydrogen-bond donors (Lipinski definition) is 1. The van der Waals surface area contributed by atoms with Crippen molar-refractivity contribution >= 4 is 17.7 Å². The van der Waals surface area contributed by atoms with Crippen LogP contribution in [0.2, 0.25) is 0 Å². The fourth-order valence-electron chi connectivity index (χ4n) is 2.58. The summed E-state index contributed by atoms with van der Waals surface area (Å²) in [6.45, 7) is 6.24. The van der Waals surface area contributed by atoms with Crippen LogP contribution in [0.3, 0.4) is 0 Å². The molecule has 0 unspecified atom stereocenters. The fourth-order valence-corrected chi connectivity index (χ4v) is 4.41. The van der Waals surface area contributed by atoms with Crippen LogP contribution in [0, 0.1) is 0 Å². The van der Waals surface area contributed by atoms with E-state index in [4.69, 9.17) is 0 Å². The molecule has 18 heavy (non-hydrogen) atoms. The van der Waals surface area contributed by atoms with Crippen LogP contribution < -0.4 is 0 Å². The maximum Gasteiger partial charge on any atom is 0.319 e. The van der Waals surface area contributed by atoms with E-state index in [0.717, 1.165) is 12.8 Å². The molecule has 1 N–H and O–H groups in total. The standard InChI is InChI=1S/C15H20O2S/c1-14(2,3)18-15(13(16)17)9-12(10-15)11-7-5-4-6-8-11/h4-8,12H,9-10H2,1-3H3,(H,16,17). The van der Waals surface area contributed by atoms with Crippen molar-refractivity contribution in [3.63, 3.8) is 0 Å². The van der Waals surface area contributed by atoms with E-state index < -0.39 is 10.7 Å². The summed E-state index contributed by atoms with van der Waals surface area (Å²) in [5.41, 5.74) is 1.27. The zero-order valence-corrected chi connectivity index (χ0v) is 12.0. The number of aliphatic carboxylic acids is 1. The molecule has 0 amide bonds. The molecule has 0 radical (unpaired) electrons. The minimum atomic E-state index is -0.658. The maximum atomic E-state index is 11.5. The molecule has 1 aromatic rings. The zero-order chi connectivity index (χ0) is 13.4. The Kier molecular flexibility index (Phi) is 3.45. The molecule has 98 valence electrons. The van der Waals surface area contributed by atoms with Crippen molar-refractivity contribution in [2.75, 3.05) is 0 Å².